The Labute approximate surface area is 158 Å². The van der Waals surface area contributed by atoms with Crippen molar-refractivity contribution in [3.63, 3.8) is 0 Å². The monoisotopic (exact) mass is 371 g/mol. The Balaban J connectivity index is 1.52. The highest BCUT2D eigenvalue weighted by atomic mass is 16.5. The summed E-state index contributed by atoms with van der Waals surface area (Å²) < 4.78 is 10.6. The van der Waals surface area contributed by atoms with Crippen LogP contribution in [0.1, 0.15) is 19.8 Å². The number of carbonyl (C=O) groups is 1. The van der Waals surface area contributed by atoms with Gasteiger partial charge in [-0.15, -0.1) is 0 Å². The van der Waals surface area contributed by atoms with E-state index in [9.17, 15) is 4.79 Å². The number of anilines is 2. The summed E-state index contributed by atoms with van der Waals surface area (Å²) in [6.45, 7) is 6.87. The van der Waals surface area contributed by atoms with Gasteiger partial charge in [0.05, 0.1) is 36.6 Å². The quantitative estimate of drug-likeness (QED) is 0.751. The van der Waals surface area contributed by atoms with E-state index in [1.807, 2.05) is 19.2 Å². The third-order valence-electron chi connectivity index (χ3n) is 5.18. The molecule has 0 unspecified atom stereocenters. The van der Waals surface area contributed by atoms with Gasteiger partial charge in [-0.2, -0.15) is 0 Å². The van der Waals surface area contributed by atoms with Gasteiger partial charge in [-0.1, -0.05) is 0 Å². The van der Waals surface area contributed by atoms with Crippen molar-refractivity contribution in [1.29, 1.82) is 0 Å². The number of carbonyl (C=O) groups excluding carboxylic acids is 1. The second kappa shape index (κ2) is 8.04. The van der Waals surface area contributed by atoms with Crippen molar-refractivity contribution in [1.82, 2.24) is 15.0 Å². The van der Waals surface area contributed by atoms with E-state index in [1.54, 1.807) is 6.20 Å². The van der Waals surface area contributed by atoms with Gasteiger partial charge in [0.1, 0.15) is 5.82 Å². The van der Waals surface area contributed by atoms with Gasteiger partial charge in [-0.05, 0) is 25.8 Å². The fourth-order valence-electron chi connectivity index (χ4n) is 3.69. The minimum Gasteiger partial charge on any atom is -0.466 e. The van der Waals surface area contributed by atoms with Crippen LogP contribution in [0.5, 0.6) is 0 Å². The Hall–Kier alpha value is -2.48. The van der Waals surface area contributed by atoms with Crippen LogP contribution < -0.4 is 9.80 Å². The van der Waals surface area contributed by atoms with Crippen molar-refractivity contribution in [2.24, 2.45) is 5.92 Å². The predicted molar refractivity (Wildman–Crippen MR) is 102 cm³/mol. The normalized spacial score (nSPS) is 18.7. The van der Waals surface area contributed by atoms with E-state index in [0.29, 0.717) is 19.8 Å². The van der Waals surface area contributed by atoms with E-state index < -0.39 is 0 Å². The average Bonchev–Trinajstić information content (AvgIpc) is 2.74. The maximum absolute atomic E-state index is 12.0. The molecule has 4 heterocycles. The number of fused-ring (bicyclic) bond motifs is 1. The van der Waals surface area contributed by atoms with Crippen molar-refractivity contribution >= 4 is 28.6 Å². The molecular weight excluding hydrogens is 346 g/mol. The molecule has 2 aliphatic rings. The largest absolute Gasteiger partial charge is 0.466 e. The zero-order chi connectivity index (χ0) is 18.6. The van der Waals surface area contributed by atoms with Gasteiger partial charge in [0.15, 0.2) is 0 Å². The molecule has 0 atom stereocenters. The van der Waals surface area contributed by atoms with Gasteiger partial charge in [-0.25, -0.2) is 15.0 Å². The third kappa shape index (κ3) is 3.80. The highest BCUT2D eigenvalue weighted by Gasteiger charge is 2.27. The van der Waals surface area contributed by atoms with Crippen LogP contribution in [0.4, 0.5) is 11.8 Å². The molecule has 8 nitrogen and oxygen atoms in total. The first-order chi connectivity index (χ1) is 13.3. The van der Waals surface area contributed by atoms with Gasteiger partial charge in [0, 0.05) is 38.6 Å². The lowest BCUT2D eigenvalue weighted by molar-refractivity contribution is -0.148. The SMILES string of the molecule is CCOC(=O)C1CCN(c2nccc3nc(N4CCOCC4)ncc23)CC1. The van der Waals surface area contributed by atoms with Crippen molar-refractivity contribution in [2.75, 3.05) is 55.8 Å². The molecule has 2 aliphatic heterocycles. The molecule has 2 aromatic rings. The van der Waals surface area contributed by atoms with E-state index in [4.69, 9.17) is 14.5 Å². The van der Waals surface area contributed by atoms with E-state index in [2.05, 4.69) is 19.8 Å². The lowest BCUT2D eigenvalue weighted by atomic mass is 9.97. The van der Waals surface area contributed by atoms with Crippen molar-refractivity contribution in [2.45, 2.75) is 19.8 Å². The Kier molecular flexibility index (Phi) is 5.33. The molecule has 0 saturated carbocycles. The molecule has 8 heteroatoms. The summed E-state index contributed by atoms with van der Waals surface area (Å²) in [5.74, 6) is 1.54. The van der Waals surface area contributed by atoms with Crippen LogP contribution in [0.25, 0.3) is 10.9 Å². The zero-order valence-corrected chi connectivity index (χ0v) is 15.6. The van der Waals surface area contributed by atoms with Crippen LogP contribution >= 0.6 is 0 Å². The van der Waals surface area contributed by atoms with Crippen LogP contribution in [0.15, 0.2) is 18.5 Å². The standard InChI is InChI=1S/C19H25N5O3/c1-2-27-18(25)14-4-7-23(8-5-14)17-15-13-21-19(22-16(15)3-6-20-17)24-9-11-26-12-10-24/h3,6,13-14H,2,4-5,7-12H2,1H3. The maximum Gasteiger partial charge on any atom is 0.309 e. The number of morpholine rings is 1. The van der Waals surface area contributed by atoms with Crippen LogP contribution in [0, 0.1) is 5.92 Å². The first kappa shape index (κ1) is 17.9. The molecule has 0 spiro atoms. The number of hydrogen-bond donors (Lipinski definition) is 0. The predicted octanol–water partition coefficient (Wildman–Crippen LogP) is 1.64. The Morgan fingerprint density at radius 2 is 1.96 bits per heavy atom. The highest BCUT2D eigenvalue weighted by molar-refractivity contribution is 5.89. The second-order valence-electron chi connectivity index (χ2n) is 6.85. The van der Waals surface area contributed by atoms with Crippen LogP contribution in [-0.4, -0.2) is 66.9 Å². The number of piperidine rings is 1. The molecule has 0 amide bonds. The number of ether oxygens (including phenoxy) is 2. The summed E-state index contributed by atoms with van der Waals surface area (Å²) in [6, 6.07) is 1.93. The topological polar surface area (TPSA) is 80.7 Å². The summed E-state index contributed by atoms with van der Waals surface area (Å²) in [5.41, 5.74) is 0.893. The van der Waals surface area contributed by atoms with Crippen LogP contribution in [0.2, 0.25) is 0 Å². The number of pyridine rings is 1. The van der Waals surface area contributed by atoms with E-state index in [1.165, 1.54) is 0 Å². The number of aromatic nitrogens is 3. The Bertz CT molecular complexity index is 801. The van der Waals surface area contributed by atoms with Crippen LogP contribution in [-0.2, 0) is 14.3 Å². The lowest BCUT2D eigenvalue weighted by Crippen LogP contribution is -2.38. The van der Waals surface area contributed by atoms with E-state index in [0.717, 1.165) is 61.7 Å². The molecular formula is C19H25N5O3. The fourth-order valence-corrected chi connectivity index (χ4v) is 3.69. The first-order valence-electron chi connectivity index (χ1n) is 9.62. The fraction of sp³-hybridized carbons (Fsp3) is 0.579. The number of esters is 1. The molecule has 2 saturated heterocycles. The molecule has 0 bridgehead atoms. The average molecular weight is 371 g/mol. The summed E-state index contributed by atoms with van der Waals surface area (Å²) in [5, 5.41) is 0.948. The molecule has 0 aliphatic carbocycles. The second-order valence-corrected chi connectivity index (χ2v) is 6.85. The van der Waals surface area contributed by atoms with Crippen molar-refractivity contribution in [3.05, 3.63) is 18.5 Å². The molecule has 27 heavy (non-hydrogen) atoms. The van der Waals surface area contributed by atoms with E-state index >= 15 is 0 Å². The minimum atomic E-state index is -0.0819. The van der Waals surface area contributed by atoms with Gasteiger partial charge in [0.2, 0.25) is 5.95 Å². The maximum atomic E-state index is 12.0. The molecule has 2 fully saturated rings. The van der Waals surface area contributed by atoms with Crippen molar-refractivity contribution < 1.29 is 14.3 Å². The minimum absolute atomic E-state index is 0.0136. The molecule has 0 radical (unpaired) electrons. The Morgan fingerprint density at radius 1 is 1.19 bits per heavy atom. The number of nitrogens with zero attached hydrogens (tertiary/aromatic N) is 5. The molecule has 2 aromatic heterocycles. The van der Waals surface area contributed by atoms with Gasteiger partial charge >= 0.3 is 5.97 Å². The van der Waals surface area contributed by atoms with Gasteiger partial charge in [0.25, 0.3) is 0 Å². The first-order valence-corrected chi connectivity index (χ1v) is 9.62. The molecule has 0 aromatic carbocycles. The Morgan fingerprint density at radius 3 is 2.70 bits per heavy atom. The van der Waals surface area contributed by atoms with Gasteiger partial charge < -0.3 is 19.3 Å². The number of rotatable bonds is 4. The summed E-state index contributed by atoms with van der Waals surface area (Å²) in [6.07, 6.45) is 5.23. The van der Waals surface area contributed by atoms with E-state index in [-0.39, 0.29) is 11.9 Å². The van der Waals surface area contributed by atoms with Gasteiger partial charge in [-0.3, -0.25) is 4.79 Å². The third-order valence-corrected chi connectivity index (χ3v) is 5.18. The van der Waals surface area contributed by atoms with Crippen LogP contribution in [0.3, 0.4) is 0 Å². The van der Waals surface area contributed by atoms with Crippen molar-refractivity contribution in [3.8, 4) is 0 Å². The summed E-state index contributed by atoms with van der Waals surface area (Å²) >= 11 is 0. The zero-order valence-electron chi connectivity index (χ0n) is 15.6. The summed E-state index contributed by atoms with van der Waals surface area (Å²) in [7, 11) is 0. The highest BCUT2D eigenvalue weighted by Crippen LogP contribution is 2.28. The molecule has 4 rings (SSSR count). The molecule has 144 valence electrons. The number of hydrogen-bond acceptors (Lipinski definition) is 8. The molecule has 0 N–H and O–H groups in total. The smallest absolute Gasteiger partial charge is 0.309 e. The lowest BCUT2D eigenvalue weighted by Gasteiger charge is -2.32. The summed E-state index contributed by atoms with van der Waals surface area (Å²) in [4.78, 5) is 30.2.